The van der Waals surface area contributed by atoms with Gasteiger partial charge < -0.3 is 15.2 Å². The Balaban J connectivity index is 1.56. The first-order chi connectivity index (χ1) is 18.9. The average molecular weight is 579 g/mol. The van der Waals surface area contributed by atoms with E-state index in [-0.39, 0.29) is 19.0 Å². The number of hydrogen-bond acceptors (Lipinski definition) is 5. The number of hydrogen-bond donors (Lipinski definition) is 3. The SMILES string of the molecule is CCC(CCCNS(=O)(=O)c1ccccc1C(F)(F)F)N[C@@H](Cc1ccc(-c2ccc(OC)cc2)cc1)C(=O)O. The third-order valence-corrected chi connectivity index (χ3v) is 8.07. The molecule has 0 amide bonds. The lowest BCUT2D eigenvalue weighted by atomic mass is 9.99. The molecule has 40 heavy (non-hydrogen) atoms. The molecule has 3 rings (SSSR count). The fourth-order valence-corrected chi connectivity index (χ4v) is 5.63. The second-order valence-electron chi connectivity index (χ2n) is 9.33. The van der Waals surface area contributed by atoms with E-state index < -0.39 is 38.7 Å². The van der Waals surface area contributed by atoms with E-state index in [1.165, 1.54) is 6.07 Å². The monoisotopic (exact) mass is 578 g/mol. The summed E-state index contributed by atoms with van der Waals surface area (Å²) < 4.78 is 72.1. The van der Waals surface area contributed by atoms with Crippen LogP contribution in [-0.4, -0.2) is 45.2 Å². The number of carbonyl (C=O) groups is 1. The molecule has 3 aromatic carbocycles. The first-order valence-electron chi connectivity index (χ1n) is 12.8. The molecule has 216 valence electrons. The Morgan fingerprint density at radius 3 is 2.12 bits per heavy atom. The van der Waals surface area contributed by atoms with Gasteiger partial charge in [-0.3, -0.25) is 4.79 Å². The molecule has 11 heteroatoms. The molecule has 0 aliphatic rings. The number of methoxy groups -OCH3 is 1. The Morgan fingerprint density at radius 2 is 1.57 bits per heavy atom. The van der Waals surface area contributed by atoms with Crippen LogP contribution in [-0.2, 0) is 27.4 Å². The Hall–Kier alpha value is -3.41. The highest BCUT2D eigenvalue weighted by atomic mass is 32.2. The van der Waals surface area contributed by atoms with Gasteiger partial charge in [0.1, 0.15) is 11.8 Å². The van der Waals surface area contributed by atoms with Gasteiger partial charge in [-0.25, -0.2) is 13.1 Å². The number of benzene rings is 3. The van der Waals surface area contributed by atoms with Crippen molar-refractivity contribution in [1.29, 1.82) is 0 Å². The van der Waals surface area contributed by atoms with Crippen LogP contribution in [0.4, 0.5) is 13.2 Å². The zero-order valence-corrected chi connectivity index (χ0v) is 23.1. The van der Waals surface area contributed by atoms with Crippen molar-refractivity contribution in [3.05, 3.63) is 83.9 Å². The molecule has 0 saturated carbocycles. The molecule has 1 unspecified atom stereocenters. The van der Waals surface area contributed by atoms with E-state index in [1.54, 1.807) is 7.11 Å². The predicted octanol–water partition coefficient (Wildman–Crippen LogP) is 5.50. The molecule has 3 aromatic rings. The van der Waals surface area contributed by atoms with Crippen LogP contribution in [0.5, 0.6) is 5.75 Å². The van der Waals surface area contributed by atoms with Gasteiger partial charge in [0, 0.05) is 12.6 Å². The minimum atomic E-state index is -4.80. The highest BCUT2D eigenvalue weighted by Crippen LogP contribution is 2.33. The number of halogens is 3. The standard InChI is InChI=1S/C29H33F3N2O5S/c1-3-23(7-6-18-33-40(37,38)27-9-5-4-8-25(27)29(30,31)32)34-26(28(35)36)19-20-10-12-21(13-11-20)22-14-16-24(39-2)17-15-22/h4-5,8-17,23,26,33-34H,3,6-7,18-19H2,1-2H3,(H,35,36)/t23?,26-/m0/s1. The molecule has 0 aliphatic heterocycles. The van der Waals surface area contributed by atoms with Crippen LogP contribution < -0.4 is 14.8 Å². The minimum Gasteiger partial charge on any atom is -0.497 e. The van der Waals surface area contributed by atoms with Crippen molar-refractivity contribution in [3.8, 4) is 16.9 Å². The molecule has 3 N–H and O–H groups in total. The van der Waals surface area contributed by atoms with Gasteiger partial charge in [-0.2, -0.15) is 13.2 Å². The molecule has 2 atom stereocenters. The molecule has 0 aliphatic carbocycles. The quantitative estimate of drug-likeness (QED) is 0.218. The first-order valence-corrected chi connectivity index (χ1v) is 14.3. The highest BCUT2D eigenvalue weighted by Gasteiger charge is 2.36. The van der Waals surface area contributed by atoms with Gasteiger partial charge in [-0.05, 0) is 66.6 Å². The van der Waals surface area contributed by atoms with E-state index in [2.05, 4.69) is 10.0 Å². The Morgan fingerprint density at radius 1 is 0.975 bits per heavy atom. The maximum atomic E-state index is 13.2. The second kappa shape index (κ2) is 13.8. The fraction of sp³-hybridized carbons (Fsp3) is 0.345. The van der Waals surface area contributed by atoms with Crippen LogP contribution in [0.25, 0.3) is 11.1 Å². The van der Waals surface area contributed by atoms with Crippen molar-refractivity contribution >= 4 is 16.0 Å². The molecule has 0 spiro atoms. The van der Waals surface area contributed by atoms with Gasteiger partial charge in [0.25, 0.3) is 0 Å². The van der Waals surface area contributed by atoms with E-state index in [4.69, 9.17) is 4.74 Å². The molecular formula is C29H33F3N2O5S. The van der Waals surface area contributed by atoms with E-state index in [0.29, 0.717) is 19.3 Å². The van der Waals surface area contributed by atoms with Crippen molar-refractivity contribution in [2.45, 2.75) is 55.8 Å². The van der Waals surface area contributed by atoms with E-state index in [1.807, 2.05) is 55.5 Å². The summed E-state index contributed by atoms with van der Waals surface area (Å²) in [6.45, 7) is 1.79. The van der Waals surface area contributed by atoms with Crippen molar-refractivity contribution < 1.29 is 36.2 Å². The third-order valence-electron chi connectivity index (χ3n) is 6.55. The zero-order valence-electron chi connectivity index (χ0n) is 22.2. The zero-order chi connectivity index (χ0) is 29.3. The molecule has 0 radical (unpaired) electrons. The van der Waals surface area contributed by atoms with Gasteiger partial charge >= 0.3 is 12.1 Å². The molecule has 0 fully saturated rings. The van der Waals surface area contributed by atoms with Crippen LogP contribution in [0.2, 0.25) is 0 Å². The van der Waals surface area contributed by atoms with E-state index >= 15 is 0 Å². The number of aliphatic carboxylic acids is 1. The maximum absolute atomic E-state index is 13.2. The Bertz CT molecular complexity index is 1360. The number of ether oxygens (including phenoxy) is 1. The summed E-state index contributed by atoms with van der Waals surface area (Å²) in [6, 6.07) is 18.1. The summed E-state index contributed by atoms with van der Waals surface area (Å²) in [4.78, 5) is 11.2. The number of sulfonamides is 1. The first kappa shape index (κ1) is 31.1. The number of nitrogens with one attached hydrogen (secondary N) is 2. The highest BCUT2D eigenvalue weighted by molar-refractivity contribution is 7.89. The number of carboxylic acids is 1. The lowest BCUT2D eigenvalue weighted by Gasteiger charge is -2.23. The minimum absolute atomic E-state index is 0.0860. The van der Waals surface area contributed by atoms with Crippen molar-refractivity contribution in [2.24, 2.45) is 0 Å². The van der Waals surface area contributed by atoms with Crippen molar-refractivity contribution in [3.63, 3.8) is 0 Å². The van der Waals surface area contributed by atoms with Crippen LogP contribution in [0.15, 0.2) is 77.7 Å². The summed E-state index contributed by atoms with van der Waals surface area (Å²) in [5.74, 6) is -0.257. The van der Waals surface area contributed by atoms with Gasteiger partial charge in [0.05, 0.1) is 17.6 Å². The summed E-state index contributed by atoms with van der Waals surface area (Å²) in [5.41, 5.74) is 1.60. The molecule has 0 saturated heterocycles. The molecule has 0 aromatic heterocycles. The van der Waals surface area contributed by atoms with E-state index in [9.17, 15) is 31.5 Å². The Labute approximate surface area is 232 Å². The number of alkyl halides is 3. The van der Waals surface area contributed by atoms with Crippen LogP contribution in [0.3, 0.4) is 0 Å². The van der Waals surface area contributed by atoms with Gasteiger partial charge in [0.2, 0.25) is 10.0 Å². The van der Waals surface area contributed by atoms with Crippen molar-refractivity contribution in [1.82, 2.24) is 10.0 Å². The summed E-state index contributed by atoms with van der Waals surface area (Å²) in [6.07, 6.45) is -3.23. The van der Waals surface area contributed by atoms with E-state index in [0.717, 1.165) is 40.6 Å². The topological polar surface area (TPSA) is 105 Å². The smallest absolute Gasteiger partial charge is 0.417 e. The number of carboxylic acid groups (broad SMARTS) is 1. The normalized spacial score (nSPS) is 13.5. The molecule has 0 bridgehead atoms. The largest absolute Gasteiger partial charge is 0.497 e. The van der Waals surface area contributed by atoms with Crippen molar-refractivity contribution in [2.75, 3.05) is 13.7 Å². The molecule has 0 heterocycles. The molecular weight excluding hydrogens is 545 g/mol. The summed E-state index contributed by atoms with van der Waals surface area (Å²) >= 11 is 0. The lowest BCUT2D eigenvalue weighted by Crippen LogP contribution is -2.44. The van der Waals surface area contributed by atoms with Crippen LogP contribution >= 0.6 is 0 Å². The van der Waals surface area contributed by atoms with Gasteiger partial charge in [-0.15, -0.1) is 0 Å². The fourth-order valence-electron chi connectivity index (χ4n) is 4.33. The summed E-state index contributed by atoms with van der Waals surface area (Å²) in [7, 11) is -2.77. The van der Waals surface area contributed by atoms with Gasteiger partial charge in [0.15, 0.2) is 0 Å². The summed E-state index contributed by atoms with van der Waals surface area (Å²) in [5, 5.41) is 12.9. The van der Waals surface area contributed by atoms with Crippen LogP contribution in [0, 0.1) is 0 Å². The number of rotatable bonds is 14. The second-order valence-corrected chi connectivity index (χ2v) is 11.1. The van der Waals surface area contributed by atoms with Gasteiger partial charge in [-0.1, -0.05) is 55.5 Å². The third kappa shape index (κ3) is 8.54. The van der Waals surface area contributed by atoms with Crippen LogP contribution in [0.1, 0.15) is 37.3 Å². The lowest BCUT2D eigenvalue weighted by molar-refractivity contribution is -0.140. The molecule has 7 nitrogen and oxygen atoms in total. The Kier molecular flexibility index (Phi) is 10.7. The maximum Gasteiger partial charge on any atom is 0.417 e. The predicted molar refractivity (Wildman–Crippen MR) is 147 cm³/mol. The average Bonchev–Trinajstić information content (AvgIpc) is 2.94.